The molecular weight excluding hydrogens is 186 g/mol. The second kappa shape index (κ2) is 7.32. The van der Waals surface area contributed by atoms with Crippen LogP contribution in [-0.4, -0.2) is 36.2 Å². The first kappa shape index (κ1) is 12.9. The normalized spacial score (nSPS) is 12.1. The van der Waals surface area contributed by atoms with Gasteiger partial charge >= 0.3 is 5.97 Å². The van der Waals surface area contributed by atoms with Gasteiger partial charge in [0.1, 0.15) is 6.04 Å². The lowest BCUT2D eigenvalue weighted by Crippen LogP contribution is -2.40. The van der Waals surface area contributed by atoms with Gasteiger partial charge in [-0.15, -0.1) is 0 Å². The van der Waals surface area contributed by atoms with Gasteiger partial charge in [0.05, 0.1) is 6.61 Å². The van der Waals surface area contributed by atoms with E-state index in [-0.39, 0.29) is 12.3 Å². The molecule has 0 bridgehead atoms. The monoisotopic (exact) mass is 203 g/mol. The van der Waals surface area contributed by atoms with Gasteiger partial charge in [-0.2, -0.15) is 0 Å². The number of hydrogen-bond donors (Lipinski definition) is 2. The Morgan fingerprint density at radius 1 is 1.43 bits per heavy atom. The average molecular weight is 203 g/mol. The number of rotatable bonds is 7. The van der Waals surface area contributed by atoms with Crippen molar-refractivity contribution in [3.05, 3.63) is 0 Å². The summed E-state index contributed by atoms with van der Waals surface area (Å²) in [7, 11) is 0. The Hall–Kier alpha value is -1.10. The Morgan fingerprint density at radius 3 is 2.50 bits per heavy atom. The van der Waals surface area contributed by atoms with E-state index in [0.29, 0.717) is 19.6 Å². The number of ether oxygens (including phenoxy) is 1. The molecule has 82 valence electrons. The van der Waals surface area contributed by atoms with Crippen LogP contribution in [0.25, 0.3) is 0 Å². The van der Waals surface area contributed by atoms with Crippen LogP contribution in [0.2, 0.25) is 0 Å². The molecule has 0 aliphatic carbocycles. The molecule has 0 heterocycles. The first-order valence-corrected chi connectivity index (χ1v) is 4.71. The fourth-order valence-electron chi connectivity index (χ4n) is 0.914. The van der Waals surface area contributed by atoms with Crippen molar-refractivity contribution in [1.29, 1.82) is 0 Å². The Balaban J connectivity index is 3.74. The van der Waals surface area contributed by atoms with Gasteiger partial charge in [-0.05, 0) is 13.3 Å². The number of nitrogens with one attached hydrogen (secondary N) is 1. The summed E-state index contributed by atoms with van der Waals surface area (Å²) >= 11 is 0. The lowest BCUT2D eigenvalue weighted by molar-refractivity contribution is -0.142. The summed E-state index contributed by atoms with van der Waals surface area (Å²) in [5.41, 5.74) is 0. The second-order valence-corrected chi connectivity index (χ2v) is 2.81. The molecule has 0 aromatic heterocycles. The van der Waals surface area contributed by atoms with E-state index in [2.05, 4.69) is 5.32 Å². The topological polar surface area (TPSA) is 75.6 Å². The molecule has 0 aromatic carbocycles. The van der Waals surface area contributed by atoms with Crippen molar-refractivity contribution < 1.29 is 19.4 Å². The second-order valence-electron chi connectivity index (χ2n) is 2.81. The fraction of sp³-hybridized carbons (Fsp3) is 0.778. The third-order valence-corrected chi connectivity index (χ3v) is 1.72. The molecule has 0 fully saturated rings. The summed E-state index contributed by atoms with van der Waals surface area (Å²) in [5.74, 6) is -1.29. The van der Waals surface area contributed by atoms with Crippen LogP contribution < -0.4 is 5.32 Å². The van der Waals surface area contributed by atoms with Crippen molar-refractivity contribution in [3.8, 4) is 0 Å². The van der Waals surface area contributed by atoms with Crippen molar-refractivity contribution in [3.63, 3.8) is 0 Å². The van der Waals surface area contributed by atoms with Crippen molar-refractivity contribution >= 4 is 11.9 Å². The molecule has 0 radical (unpaired) electrons. The van der Waals surface area contributed by atoms with Crippen LogP contribution in [0.15, 0.2) is 0 Å². The van der Waals surface area contributed by atoms with E-state index < -0.39 is 12.0 Å². The summed E-state index contributed by atoms with van der Waals surface area (Å²) in [4.78, 5) is 21.7. The molecule has 5 heteroatoms. The lowest BCUT2D eigenvalue weighted by atomic mass is 10.2. The molecule has 0 aliphatic heterocycles. The Bertz CT molecular complexity index is 193. The standard InChI is InChI=1S/C9H17NO4/c1-3-7(9(12)13)10-8(11)5-6-14-4-2/h7H,3-6H2,1-2H3,(H,10,11)(H,12,13). The molecule has 14 heavy (non-hydrogen) atoms. The highest BCUT2D eigenvalue weighted by Gasteiger charge is 2.16. The zero-order valence-corrected chi connectivity index (χ0v) is 8.58. The van der Waals surface area contributed by atoms with Crippen molar-refractivity contribution in [2.45, 2.75) is 32.7 Å². The predicted octanol–water partition coefficient (Wildman–Crippen LogP) is 0.392. The van der Waals surface area contributed by atoms with Crippen LogP contribution in [-0.2, 0) is 14.3 Å². The van der Waals surface area contributed by atoms with Gasteiger partial charge in [0.2, 0.25) is 5.91 Å². The highest BCUT2D eigenvalue weighted by atomic mass is 16.5. The third kappa shape index (κ3) is 5.53. The number of carboxylic acid groups (broad SMARTS) is 1. The van der Waals surface area contributed by atoms with E-state index in [4.69, 9.17) is 9.84 Å². The van der Waals surface area contributed by atoms with Gasteiger partial charge in [-0.1, -0.05) is 6.92 Å². The third-order valence-electron chi connectivity index (χ3n) is 1.72. The van der Waals surface area contributed by atoms with E-state index in [1.54, 1.807) is 6.92 Å². The summed E-state index contributed by atoms with van der Waals surface area (Å²) in [5, 5.41) is 11.1. The Morgan fingerprint density at radius 2 is 2.07 bits per heavy atom. The smallest absolute Gasteiger partial charge is 0.326 e. The van der Waals surface area contributed by atoms with E-state index in [9.17, 15) is 9.59 Å². The van der Waals surface area contributed by atoms with E-state index in [0.717, 1.165) is 0 Å². The van der Waals surface area contributed by atoms with Crippen LogP contribution in [0, 0.1) is 0 Å². The summed E-state index contributed by atoms with van der Waals surface area (Å²) in [6.07, 6.45) is 0.591. The molecule has 1 atom stereocenters. The average Bonchev–Trinajstić information content (AvgIpc) is 2.14. The van der Waals surface area contributed by atoms with Gasteiger partial charge in [0.25, 0.3) is 0 Å². The molecule has 0 aliphatic rings. The zero-order valence-electron chi connectivity index (χ0n) is 8.58. The minimum absolute atomic E-state index is 0.206. The predicted molar refractivity (Wildman–Crippen MR) is 51.0 cm³/mol. The van der Waals surface area contributed by atoms with Crippen LogP contribution in [0.5, 0.6) is 0 Å². The maximum absolute atomic E-state index is 11.1. The number of amides is 1. The highest BCUT2D eigenvalue weighted by molar-refractivity contribution is 5.83. The largest absolute Gasteiger partial charge is 0.480 e. The first-order chi connectivity index (χ1) is 6.61. The molecular formula is C9H17NO4. The van der Waals surface area contributed by atoms with E-state index in [1.165, 1.54) is 0 Å². The summed E-state index contributed by atoms with van der Waals surface area (Å²) < 4.78 is 4.97. The van der Waals surface area contributed by atoms with Gasteiger partial charge < -0.3 is 15.2 Å². The summed E-state index contributed by atoms with van der Waals surface area (Å²) in [6.45, 7) is 4.44. The maximum atomic E-state index is 11.1. The van der Waals surface area contributed by atoms with Gasteiger partial charge in [-0.25, -0.2) is 4.79 Å². The van der Waals surface area contributed by atoms with Gasteiger partial charge in [-0.3, -0.25) is 4.79 Å². The number of carboxylic acids is 1. The van der Waals surface area contributed by atoms with Crippen LogP contribution >= 0.6 is 0 Å². The lowest BCUT2D eigenvalue weighted by Gasteiger charge is -2.11. The number of hydrogen-bond acceptors (Lipinski definition) is 3. The maximum Gasteiger partial charge on any atom is 0.326 e. The highest BCUT2D eigenvalue weighted by Crippen LogP contribution is 1.92. The minimum Gasteiger partial charge on any atom is -0.480 e. The van der Waals surface area contributed by atoms with Gasteiger partial charge in [0.15, 0.2) is 0 Å². The number of carbonyl (C=O) groups is 2. The van der Waals surface area contributed by atoms with Crippen molar-refractivity contribution in [2.24, 2.45) is 0 Å². The van der Waals surface area contributed by atoms with Crippen LogP contribution in [0.4, 0.5) is 0 Å². The quantitative estimate of drug-likeness (QED) is 0.587. The fourth-order valence-corrected chi connectivity index (χ4v) is 0.914. The zero-order chi connectivity index (χ0) is 11.0. The number of carbonyl (C=O) groups excluding carboxylic acids is 1. The van der Waals surface area contributed by atoms with Crippen molar-refractivity contribution in [2.75, 3.05) is 13.2 Å². The summed E-state index contributed by atoms with van der Waals surface area (Å²) in [6, 6.07) is -0.788. The van der Waals surface area contributed by atoms with E-state index >= 15 is 0 Å². The molecule has 0 rings (SSSR count). The molecule has 1 amide bonds. The molecule has 0 aromatic rings. The number of aliphatic carboxylic acids is 1. The Kier molecular flexibility index (Phi) is 6.74. The first-order valence-electron chi connectivity index (χ1n) is 4.71. The van der Waals surface area contributed by atoms with Crippen LogP contribution in [0.3, 0.4) is 0 Å². The SMILES string of the molecule is CCOCCC(=O)NC(CC)C(=O)O. The van der Waals surface area contributed by atoms with E-state index in [1.807, 2.05) is 6.92 Å². The van der Waals surface area contributed by atoms with Gasteiger partial charge in [0, 0.05) is 13.0 Å². The van der Waals surface area contributed by atoms with Crippen LogP contribution in [0.1, 0.15) is 26.7 Å². The molecule has 0 saturated carbocycles. The molecule has 1 unspecified atom stereocenters. The Labute approximate surface area is 83.4 Å². The minimum atomic E-state index is -1.00. The molecule has 2 N–H and O–H groups in total. The van der Waals surface area contributed by atoms with Crippen molar-refractivity contribution in [1.82, 2.24) is 5.32 Å². The molecule has 5 nitrogen and oxygen atoms in total. The molecule has 0 saturated heterocycles. The molecule has 0 spiro atoms.